The first-order chi connectivity index (χ1) is 12.3. The highest BCUT2D eigenvalue weighted by atomic mass is 32.1. The largest absolute Gasteiger partial charge is 0.381 e. The van der Waals surface area contributed by atoms with Crippen molar-refractivity contribution in [1.82, 2.24) is 10.2 Å². The molecule has 1 heterocycles. The van der Waals surface area contributed by atoms with Crippen LogP contribution in [0.5, 0.6) is 0 Å². The minimum absolute atomic E-state index is 0.188. The standard InChI is InChI=1S/C19H19N3O2S/c1-2-24-13-12-17-21-22-19(25-17)20-18(23)16-10-8-15(9-11-16)14-6-4-3-5-7-14/h3-11H,2,12-13H2,1H3,(H,20,22,23). The van der Waals surface area contributed by atoms with Crippen LogP contribution < -0.4 is 5.32 Å². The van der Waals surface area contributed by atoms with Crippen molar-refractivity contribution < 1.29 is 9.53 Å². The van der Waals surface area contributed by atoms with E-state index in [-0.39, 0.29) is 5.91 Å². The van der Waals surface area contributed by atoms with Gasteiger partial charge in [-0.3, -0.25) is 10.1 Å². The molecule has 0 atom stereocenters. The summed E-state index contributed by atoms with van der Waals surface area (Å²) in [7, 11) is 0. The highest BCUT2D eigenvalue weighted by Gasteiger charge is 2.10. The molecule has 1 amide bonds. The van der Waals surface area contributed by atoms with Crippen LogP contribution in [0.2, 0.25) is 0 Å². The molecule has 1 aromatic heterocycles. The first-order valence-electron chi connectivity index (χ1n) is 8.13. The summed E-state index contributed by atoms with van der Waals surface area (Å²) in [5.41, 5.74) is 2.79. The molecule has 0 radical (unpaired) electrons. The molecule has 2 aromatic carbocycles. The summed E-state index contributed by atoms with van der Waals surface area (Å²) in [6, 6.07) is 17.6. The van der Waals surface area contributed by atoms with Gasteiger partial charge in [0, 0.05) is 18.6 Å². The fourth-order valence-corrected chi connectivity index (χ4v) is 3.04. The van der Waals surface area contributed by atoms with Crippen LogP contribution in [-0.2, 0) is 11.2 Å². The Balaban J connectivity index is 1.61. The molecular formula is C19H19N3O2S. The average Bonchev–Trinajstić information content (AvgIpc) is 3.10. The lowest BCUT2D eigenvalue weighted by molar-refractivity contribution is 0.102. The number of hydrogen-bond donors (Lipinski definition) is 1. The number of ether oxygens (including phenoxy) is 1. The van der Waals surface area contributed by atoms with Gasteiger partial charge in [0.05, 0.1) is 6.61 Å². The van der Waals surface area contributed by atoms with Gasteiger partial charge >= 0.3 is 0 Å². The van der Waals surface area contributed by atoms with Gasteiger partial charge in [-0.15, -0.1) is 10.2 Å². The van der Waals surface area contributed by atoms with Crippen molar-refractivity contribution in [3.8, 4) is 11.1 Å². The summed E-state index contributed by atoms with van der Waals surface area (Å²) in [4.78, 5) is 12.3. The molecule has 3 rings (SSSR count). The Bertz CT molecular complexity index is 816. The molecule has 128 valence electrons. The lowest BCUT2D eigenvalue weighted by Crippen LogP contribution is -2.11. The van der Waals surface area contributed by atoms with E-state index in [4.69, 9.17) is 4.74 Å². The number of nitrogens with one attached hydrogen (secondary N) is 1. The van der Waals surface area contributed by atoms with E-state index in [1.807, 2.05) is 61.5 Å². The summed E-state index contributed by atoms with van der Waals surface area (Å²) in [5.74, 6) is -0.188. The van der Waals surface area contributed by atoms with Crippen LogP contribution in [0, 0.1) is 0 Å². The number of carbonyl (C=O) groups is 1. The molecule has 0 unspecified atom stereocenters. The topological polar surface area (TPSA) is 64.1 Å². The first-order valence-corrected chi connectivity index (χ1v) is 8.95. The molecule has 0 saturated heterocycles. The van der Waals surface area contributed by atoms with Gasteiger partial charge in [-0.25, -0.2) is 0 Å². The van der Waals surface area contributed by atoms with E-state index in [1.165, 1.54) is 11.3 Å². The van der Waals surface area contributed by atoms with Gasteiger partial charge in [0.1, 0.15) is 5.01 Å². The first kappa shape index (κ1) is 17.3. The minimum Gasteiger partial charge on any atom is -0.381 e. The van der Waals surface area contributed by atoms with Crippen LogP contribution in [0.3, 0.4) is 0 Å². The van der Waals surface area contributed by atoms with Crippen LogP contribution in [0.25, 0.3) is 11.1 Å². The number of aromatic nitrogens is 2. The molecule has 5 nitrogen and oxygen atoms in total. The maximum atomic E-state index is 12.3. The van der Waals surface area contributed by atoms with Gasteiger partial charge in [0.15, 0.2) is 0 Å². The Hall–Kier alpha value is -2.57. The van der Waals surface area contributed by atoms with E-state index in [9.17, 15) is 4.79 Å². The fourth-order valence-electron chi connectivity index (χ4n) is 2.32. The maximum absolute atomic E-state index is 12.3. The van der Waals surface area contributed by atoms with Gasteiger partial charge in [-0.1, -0.05) is 53.8 Å². The summed E-state index contributed by atoms with van der Waals surface area (Å²) in [6.45, 7) is 3.25. The Morgan fingerprint density at radius 3 is 2.48 bits per heavy atom. The number of hydrogen-bond acceptors (Lipinski definition) is 5. The van der Waals surface area contributed by atoms with E-state index in [2.05, 4.69) is 15.5 Å². The predicted octanol–water partition coefficient (Wildman–Crippen LogP) is 4.04. The Morgan fingerprint density at radius 1 is 1.04 bits per heavy atom. The van der Waals surface area contributed by atoms with Gasteiger partial charge in [0.2, 0.25) is 5.13 Å². The van der Waals surface area contributed by atoms with E-state index in [0.29, 0.717) is 30.3 Å². The quantitative estimate of drug-likeness (QED) is 0.651. The monoisotopic (exact) mass is 353 g/mol. The molecular weight excluding hydrogens is 334 g/mol. The van der Waals surface area contributed by atoms with Crippen LogP contribution in [-0.4, -0.2) is 29.3 Å². The van der Waals surface area contributed by atoms with Crippen molar-refractivity contribution in [1.29, 1.82) is 0 Å². The molecule has 3 aromatic rings. The highest BCUT2D eigenvalue weighted by Crippen LogP contribution is 2.20. The molecule has 1 N–H and O–H groups in total. The Morgan fingerprint density at radius 2 is 1.76 bits per heavy atom. The third-order valence-corrected chi connectivity index (χ3v) is 4.50. The van der Waals surface area contributed by atoms with Gasteiger partial charge in [-0.2, -0.15) is 0 Å². The lowest BCUT2D eigenvalue weighted by atomic mass is 10.0. The summed E-state index contributed by atoms with van der Waals surface area (Å²) in [6.07, 6.45) is 0.702. The number of amides is 1. The molecule has 0 bridgehead atoms. The van der Waals surface area contributed by atoms with E-state index in [0.717, 1.165) is 16.1 Å². The maximum Gasteiger partial charge on any atom is 0.257 e. The number of carbonyl (C=O) groups excluding carboxylic acids is 1. The zero-order valence-corrected chi connectivity index (χ0v) is 14.8. The van der Waals surface area contributed by atoms with E-state index < -0.39 is 0 Å². The van der Waals surface area contributed by atoms with Crippen molar-refractivity contribution in [2.75, 3.05) is 18.5 Å². The van der Waals surface area contributed by atoms with Crippen molar-refractivity contribution in [2.24, 2.45) is 0 Å². The number of anilines is 1. The molecule has 0 spiro atoms. The van der Waals surface area contributed by atoms with Crippen molar-refractivity contribution >= 4 is 22.4 Å². The molecule has 25 heavy (non-hydrogen) atoms. The van der Waals surface area contributed by atoms with Crippen LogP contribution in [0.4, 0.5) is 5.13 Å². The van der Waals surface area contributed by atoms with Crippen LogP contribution >= 0.6 is 11.3 Å². The summed E-state index contributed by atoms with van der Waals surface area (Å²) < 4.78 is 5.30. The van der Waals surface area contributed by atoms with Crippen LogP contribution in [0.1, 0.15) is 22.3 Å². The van der Waals surface area contributed by atoms with E-state index >= 15 is 0 Å². The van der Waals surface area contributed by atoms with Gasteiger partial charge < -0.3 is 4.74 Å². The number of nitrogens with zero attached hydrogens (tertiary/aromatic N) is 2. The fraction of sp³-hybridized carbons (Fsp3) is 0.211. The van der Waals surface area contributed by atoms with Crippen molar-refractivity contribution in [2.45, 2.75) is 13.3 Å². The van der Waals surface area contributed by atoms with E-state index in [1.54, 1.807) is 0 Å². The second-order valence-electron chi connectivity index (χ2n) is 5.35. The highest BCUT2D eigenvalue weighted by molar-refractivity contribution is 7.15. The van der Waals surface area contributed by atoms with Crippen LogP contribution in [0.15, 0.2) is 54.6 Å². The molecule has 0 saturated carbocycles. The normalized spacial score (nSPS) is 10.6. The number of rotatable bonds is 7. The third kappa shape index (κ3) is 4.71. The number of benzene rings is 2. The summed E-state index contributed by atoms with van der Waals surface area (Å²) in [5, 5.41) is 12.2. The molecule has 0 aliphatic heterocycles. The van der Waals surface area contributed by atoms with Gasteiger partial charge in [0.25, 0.3) is 5.91 Å². The Labute approximate surface area is 150 Å². The molecule has 0 fully saturated rings. The zero-order chi connectivity index (χ0) is 17.5. The third-order valence-electron chi connectivity index (χ3n) is 3.61. The minimum atomic E-state index is -0.188. The van der Waals surface area contributed by atoms with Crippen molar-refractivity contribution in [3.63, 3.8) is 0 Å². The molecule has 0 aliphatic carbocycles. The SMILES string of the molecule is CCOCCc1nnc(NC(=O)c2ccc(-c3ccccc3)cc2)s1. The smallest absolute Gasteiger partial charge is 0.257 e. The zero-order valence-electron chi connectivity index (χ0n) is 13.9. The molecule has 0 aliphatic rings. The predicted molar refractivity (Wildman–Crippen MR) is 99.9 cm³/mol. The second-order valence-corrected chi connectivity index (χ2v) is 6.41. The Kier molecular flexibility index (Phi) is 5.87. The lowest BCUT2D eigenvalue weighted by Gasteiger charge is -2.04. The molecule has 6 heteroatoms. The summed E-state index contributed by atoms with van der Waals surface area (Å²) >= 11 is 1.37. The van der Waals surface area contributed by atoms with Crippen molar-refractivity contribution in [3.05, 3.63) is 65.2 Å². The average molecular weight is 353 g/mol. The second kappa shape index (κ2) is 8.50. The van der Waals surface area contributed by atoms with Gasteiger partial charge in [-0.05, 0) is 30.2 Å².